The van der Waals surface area contributed by atoms with Crippen molar-refractivity contribution in [2.24, 2.45) is 5.73 Å². The largest absolute Gasteiger partial charge is 0.380 e. The van der Waals surface area contributed by atoms with Crippen LogP contribution in [0.15, 0.2) is 54.7 Å². The van der Waals surface area contributed by atoms with Gasteiger partial charge < -0.3 is 16.0 Å². The molecule has 1 aliphatic heterocycles. The molecule has 0 unspecified atom stereocenters. The highest BCUT2D eigenvalue weighted by atomic mass is 19.1. The summed E-state index contributed by atoms with van der Waals surface area (Å²) in [6.07, 6.45) is 4.35. The smallest absolute Gasteiger partial charge is 0.252 e. The molecule has 0 atom stereocenters. The van der Waals surface area contributed by atoms with Crippen LogP contribution < -0.4 is 11.1 Å². The maximum Gasteiger partial charge on any atom is 0.252 e. The monoisotopic (exact) mass is 464 g/mol. The number of nitrogens with zero attached hydrogens (tertiary/aromatic N) is 2. The predicted molar refractivity (Wildman–Crippen MR) is 125 cm³/mol. The lowest BCUT2D eigenvalue weighted by atomic mass is 10.0. The SMILES string of the molecule is NC(=O)c1cnc(Cc2ccc(CC(=O)N3CCCC3)cc2)cc1NCc1c(F)cccc1F. The van der Waals surface area contributed by atoms with Gasteiger partial charge in [-0.05, 0) is 42.2 Å². The Morgan fingerprint density at radius 2 is 1.65 bits per heavy atom. The van der Waals surface area contributed by atoms with Crippen LogP contribution in [0.2, 0.25) is 0 Å². The van der Waals surface area contributed by atoms with Gasteiger partial charge in [-0.25, -0.2) is 8.78 Å². The van der Waals surface area contributed by atoms with Crippen LogP contribution in [0.3, 0.4) is 0 Å². The molecule has 6 nitrogen and oxygen atoms in total. The molecule has 1 fully saturated rings. The van der Waals surface area contributed by atoms with Crippen molar-refractivity contribution in [3.8, 4) is 0 Å². The van der Waals surface area contributed by atoms with E-state index >= 15 is 0 Å². The van der Waals surface area contributed by atoms with Gasteiger partial charge in [-0.3, -0.25) is 14.6 Å². The molecule has 0 aliphatic carbocycles. The van der Waals surface area contributed by atoms with Crippen LogP contribution >= 0.6 is 0 Å². The van der Waals surface area contributed by atoms with Gasteiger partial charge in [0.05, 0.1) is 17.7 Å². The molecule has 1 saturated heterocycles. The van der Waals surface area contributed by atoms with Crippen LogP contribution in [-0.2, 0) is 24.2 Å². The fourth-order valence-electron chi connectivity index (χ4n) is 4.06. The quantitative estimate of drug-likeness (QED) is 0.530. The summed E-state index contributed by atoms with van der Waals surface area (Å²) in [5, 5.41) is 2.91. The molecule has 34 heavy (non-hydrogen) atoms. The van der Waals surface area contributed by atoms with Crippen molar-refractivity contribution in [3.05, 3.63) is 94.3 Å². The van der Waals surface area contributed by atoms with E-state index in [2.05, 4.69) is 10.3 Å². The number of primary amides is 1. The average molecular weight is 465 g/mol. The summed E-state index contributed by atoms with van der Waals surface area (Å²) in [4.78, 5) is 30.4. The number of carbonyl (C=O) groups excluding carboxylic acids is 2. The number of carbonyl (C=O) groups is 2. The minimum absolute atomic E-state index is 0.129. The second kappa shape index (κ2) is 10.4. The third-order valence-corrected chi connectivity index (χ3v) is 5.97. The molecule has 1 aromatic heterocycles. The standard InChI is InChI=1S/C26H26F2N4O2/c27-22-4-3-5-23(28)20(22)15-31-24-14-19(30-16-21(24)26(29)34)12-17-6-8-18(9-7-17)13-25(33)32-10-1-2-11-32/h3-9,14,16H,1-2,10-13,15H2,(H2,29,34)(H,30,31). The van der Waals surface area contributed by atoms with Gasteiger partial charge in [0.15, 0.2) is 0 Å². The second-order valence-electron chi connectivity index (χ2n) is 8.40. The van der Waals surface area contributed by atoms with E-state index in [1.807, 2.05) is 29.2 Å². The summed E-state index contributed by atoms with van der Waals surface area (Å²) in [7, 11) is 0. The van der Waals surface area contributed by atoms with Crippen molar-refractivity contribution in [1.29, 1.82) is 0 Å². The highest BCUT2D eigenvalue weighted by Gasteiger charge is 2.18. The van der Waals surface area contributed by atoms with E-state index in [0.717, 1.165) is 37.1 Å². The molecule has 0 radical (unpaired) electrons. The fourth-order valence-corrected chi connectivity index (χ4v) is 4.06. The highest BCUT2D eigenvalue weighted by Crippen LogP contribution is 2.21. The number of nitrogens with two attached hydrogens (primary N) is 1. The lowest BCUT2D eigenvalue weighted by Gasteiger charge is -2.15. The number of pyridine rings is 1. The number of nitrogens with one attached hydrogen (secondary N) is 1. The molecule has 2 amide bonds. The molecule has 3 N–H and O–H groups in total. The number of anilines is 1. The Hall–Kier alpha value is -3.81. The maximum absolute atomic E-state index is 14.0. The first-order chi connectivity index (χ1) is 16.4. The zero-order chi connectivity index (χ0) is 24.1. The van der Waals surface area contributed by atoms with E-state index < -0.39 is 17.5 Å². The normalized spacial score (nSPS) is 13.2. The molecule has 3 aromatic rings. The number of halogens is 2. The first-order valence-corrected chi connectivity index (χ1v) is 11.2. The van der Waals surface area contributed by atoms with Crippen molar-refractivity contribution in [3.63, 3.8) is 0 Å². The molecule has 0 bridgehead atoms. The molecule has 8 heteroatoms. The maximum atomic E-state index is 14.0. The number of hydrogen-bond donors (Lipinski definition) is 2. The topological polar surface area (TPSA) is 88.3 Å². The van der Waals surface area contributed by atoms with Crippen LogP contribution in [-0.4, -0.2) is 34.8 Å². The molecule has 0 saturated carbocycles. The molecule has 1 aliphatic rings. The van der Waals surface area contributed by atoms with Gasteiger partial charge in [-0.2, -0.15) is 0 Å². The van der Waals surface area contributed by atoms with Crippen LogP contribution in [0.5, 0.6) is 0 Å². The Bertz CT molecular complexity index is 1170. The van der Waals surface area contributed by atoms with Gasteiger partial charge in [-0.1, -0.05) is 30.3 Å². The number of amides is 2. The van der Waals surface area contributed by atoms with Crippen molar-refractivity contribution in [2.45, 2.75) is 32.2 Å². The summed E-state index contributed by atoms with van der Waals surface area (Å²) >= 11 is 0. The Morgan fingerprint density at radius 3 is 2.29 bits per heavy atom. The van der Waals surface area contributed by atoms with Crippen LogP contribution in [0.25, 0.3) is 0 Å². The highest BCUT2D eigenvalue weighted by molar-refractivity contribution is 5.98. The van der Waals surface area contributed by atoms with Gasteiger partial charge in [0, 0.05) is 43.5 Å². The van der Waals surface area contributed by atoms with E-state index in [9.17, 15) is 18.4 Å². The Kier molecular flexibility index (Phi) is 7.15. The number of aromatic nitrogens is 1. The Labute approximate surface area is 196 Å². The number of likely N-dealkylation sites (tertiary alicyclic amines) is 1. The first-order valence-electron chi connectivity index (χ1n) is 11.2. The van der Waals surface area contributed by atoms with Crippen molar-refractivity contribution < 1.29 is 18.4 Å². The number of hydrogen-bond acceptors (Lipinski definition) is 4. The van der Waals surface area contributed by atoms with Gasteiger partial charge >= 0.3 is 0 Å². The Morgan fingerprint density at radius 1 is 1.00 bits per heavy atom. The van der Waals surface area contributed by atoms with Crippen LogP contribution in [0.4, 0.5) is 14.5 Å². The molecule has 176 valence electrons. The minimum atomic E-state index is -0.692. The van der Waals surface area contributed by atoms with Gasteiger partial charge in [0.1, 0.15) is 11.6 Å². The Balaban J connectivity index is 1.45. The summed E-state index contributed by atoms with van der Waals surface area (Å²) in [6, 6.07) is 13.0. The van der Waals surface area contributed by atoms with Gasteiger partial charge in [0.25, 0.3) is 5.91 Å². The number of benzene rings is 2. The fraction of sp³-hybridized carbons (Fsp3) is 0.269. The second-order valence-corrected chi connectivity index (χ2v) is 8.40. The molecule has 4 rings (SSSR count). The number of rotatable bonds is 8. The zero-order valence-electron chi connectivity index (χ0n) is 18.7. The van der Waals surface area contributed by atoms with Crippen molar-refractivity contribution in [1.82, 2.24) is 9.88 Å². The molecule has 2 heterocycles. The first kappa shape index (κ1) is 23.4. The van der Waals surface area contributed by atoms with E-state index in [0.29, 0.717) is 24.2 Å². The van der Waals surface area contributed by atoms with Gasteiger partial charge in [0.2, 0.25) is 5.91 Å². The van der Waals surface area contributed by atoms with E-state index in [4.69, 9.17) is 5.73 Å². The zero-order valence-corrected chi connectivity index (χ0v) is 18.7. The van der Waals surface area contributed by atoms with Crippen molar-refractivity contribution >= 4 is 17.5 Å². The third kappa shape index (κ3) is 5.57. The third-order valence-electron chi connectivity index (χ3n) is 5.97. The molecule has 2 aromatic carbocycles. The average Bonchev–Trinajstić information content (AvgIpc) is 3.35. The lowest BCUT2D eigenvalue weighted by Crippen LogP contribution is -2.29. The van der Waals surface area contributed by atoms with E-state index in [-0.39, 0.29) is 23.6 Å². The minimum Gasteiger partial charge on any atom is -0.380 e. The molecular weight excluding hydrogens is 438 g/mol. The van der Waals surface area contributed by atoms with Gasteiger partial charge in [-0.15, -0.1) is 0 Å². The van der Waals surface area contributed by atoms with Crippen molar-refractivity contribution in [2.75, 3.05) is 18.4 Å². The predicted octanol–water partition coefficient (Wildman–Crippen LogP) is 3.83. The van der Waals surface area contributed by atoms with E-state index in [1.165, 1.54) is 24.4 Å². The van der Waals surface area contributed by atoms with Crippen LogP contribution in [0.1, 0.15) is 45.6 Å². The summed E-state index contributed by atoms with van der Waals surface area (Å²) in [6.45, 7) is 1.52. The summed E-state index contributed by atoms with van der Waals surface area (Å²) < 4.78 is 27.9. The molecule has 0 spiro atoms. The summed E-state index contributed by atoms with van der Waals surface area (Å²) in [5.41, 5.74) is 8.39. The van der Waals surface area contributed by atoms with E-state index in [1.54, 1.807) is 6.07 Å². The lowest BCUT2D eigenvalue weighted by molar-refractivity contribution is -0.129. The summed E-state index contributed by atoms with van der Waals surface area (Å²) in [5.74, 6) is -1.89. The van der Waals surface area contributed by atoms with Crippen LogP contribution in [0, 0.1) is 11.6 Å². The molecular formula is C26H26F2N4O2.